The van der Waals surface area contributed by atoms with Gasteiger partial charge in [-0.25, -0.2) is 4.39 Å². The third-order valence-corrected chi connectivity index (χ3v) is 6.86. The molecule has 0 fully saturated rings. The molecule has 0 saturated heterocycles. The Bertz CT molecular complexity index is 1590. The molecule has 0 spiro atoms. The standard InChI is InChI=1S/C29H28FN5O4/c1-34-24-12-19(13-32-10-8-25(36)20-3-2-9-31-15-20)11-22-27(24)35(17-26(34)37)16-23(28(22)38)29(39)33-14-18-4-6-21(30)7-5-18/h2-7,9,11-12,15-16,25,32,36H,8,10,13-14,17H2,1H3,(H,33,39)/t25-/m0/s1. The maximum atomic E-state index is 13.5. The van der Waals surface area contributed by atoms with Crippen LogP contribution in [0.4, 0.5) is 10.1 Å². The van der Waals surface area contributed by atoms with Gasteiger partial charge >= 0.3 is 0 Å². The number of pyridine rings is 2. The molecule has 5 rings (SSSR count). The predicted octanol–water partition coefficient (Wildman–Crippen LogP) is 2.66. The first kappa shape index (κ1) is 26.2. The predicted molar refractivity (Wildman–Crippen MR) is 145 cm³/mol. The molecule has 200 valence electrons. The highest BCUT2D eigenvalue weighted by atomic mass is 19.1. The summed E-state index contributed by atoms with van der Waals surface area (Å²) >= 11 is 0. The molecule has 1 aliphatic rings. The maximum absolute atomic E-state index is 13.5. The summed E-state index contributed by atoms with van der Waals surface area (Å²) in [4.78, 5) is 44.8. The smallest absolute Gasteiger partial charge is 0.257 e. The third kappa shape index (κ3) is 5.57. The van der Waals surface area contributed by atoms with Crippen LogP contribution in [0.5, 0.6) is 0 Å². The van der Waals surface area contributed by atoms with E-state index in [2.05, 4.69) is 15.6 Å². The van der Waals surface area contributed by atoms with Crippen molar-refractivity contribution in [3.8, 4) is 0 Å². The van der Waals surface area contributed by atoms with Crippen molar-refractivity contribution in [2.45, 2.75) is 32.2 Å². The number of nitrogens with zero attached hydrogens (tertiary/aromatic N) is 3. The van der Waals surface area contributed by atoms with Crippen LogP contribution in [-0.4, -0.2) is 40.1 Å². The molecular formula is C29H28FN5O4. The number of rotatable bonds is 9. The molecule has 2 aromatic carbocycles. The van der Waals surface area contributed by atoms with Crippen LogP contribution >= 0.6 is 0 Å². The minimum absolute atomic E-state index is 0.00233. The molecule has 3 heterocycles. The topological polar surface area (TPSA) is 117 Å². The lowest BCUT2D eigenvalue weighted by atomic mass is 10.0. The van der Waals surface area contributed by atoms with Crippen molar-refractivity contribution >= 4 is 28.4 Å². The Kier molecular flexibility index (Phi) is 7.49. The van der Waals surface area contributed by atoms with Crippen LogP contribution in [0.1, 0.15) is 39.6 Å². The van der Waals surface area contributed by atoms with Crippen molar-refractivity contribution in [2.24, 2.45) is 0 Å². The first-order chi connectivity index (χ1) is 18.8. The van der Waals surface area contributed by atoms with Crippen LogP contribution < -0.4 is 21.0 Å². The van der Waals surface area contributed by atoms with Crippen molar-refractivity contribution in [1.82, 2.24) is 20.2 Å². The number of carbonyl (C=O) groups is 2. The number of likely N-dealkylation sites (N-methyl/N-ethyl adjacent to an activating group) is 1. The molecule has 4 aromatic rings. The molecule has 9 nitrogen and oxygen atoms in total. The normalized spacial score (nSPS) is 13.5. The Balaban J connectivity index is 1.38. The summed E-state index contributed by atoms with van der Waals surface area (Å²) in [6.45, 7) is 1.03. The summed E-state index contributed by atoms with van der Waals surface area (Å²) in [5, 5.41) is 16.7. The average Bonchev–Trinajstić information content (AvgIpc) is 2.95. The van der Waals surface area contributed by atoms with Gasteiger partial charge in [0.15, 0.2) is 0 Å². The summed E-state index contributed by atoms with van der Waals surface area (Å²) in [5.41, 5.74) is 2.86. The first-order valence-corrected chi connectivity index (χ1v) is 12.6. The van der Waals surface area contributed by atoms with Crippen LogP contribution in [0.2, 0.25) is 0 Å². The van der Waals surface area contributed by atoms with Gasteiger partial charge in [0.25, 0.3) is 5.91 Å². The van der Waals surface area contributed by atoms with E-state index in [9.17, 15) is 23.9 Å². The van der Waals surface area contributed by atoms with E-state index >= 15 is 0 Å². The van der Waals surface area contributed by atoms with E-state index in [0.29, 0.717) is 41.7 Å². The van der Waals surface area contributed by atoms with E-state index in [1.807, 2.05) is 12.1 Å². The van der Waals surface area contributed by atoms with Crippen molar-refractivity contribution in [3.63, 3.8) is 0 Å². The highest BCUT2D eigenvalue weighted by Crippen LogP contribution is 2.30. The second kappa shape index (κ2) is 11.1. The van der Waals surface area contributed by atoms with Crippen LogP contribution in [-0.2, 0) is 24.4 Å². The lowest BCUT2D eigenvalue weighted by Gasteiger charge is -2.28. The fourth-order valence-corrected chi connectivity index (χ4v) is 4.70. The Morgan fingerprint density at radius 3 is 2.67 bits per heavy atom. The zero-order valence-electron chi connectivity index (χ0n) is 21.4. The zero-order chi connectivity index (χ0) is 27.5. The summed E-state index contributed by atoms with van der Waals surface area (Å²) in [5.74, 6) is -1.12. The van der Waals surface area contributed by atoms with E-state index in [1.165, 1.54) is 23.2 Å². The maximum Gasteiger partial charge on any atom is 0.257 e. The largest absolute Gasteiger partial charge is 0.388 e. The summed E-state index contributed by atoms with van der Waals surface area (Å²) in [6, 6.07) is 12.9. The molecule has 2 aromatic heterocycles. The van der Waals surface area contributed by atoms with Gasteiger partial charge < -0.3 is 25.2 Å². The van der Waals surface area contributed by atoms with E-state index in [1.54, 1.807) is 48.3 Å². The summed E-state index contributed by atoms with van der Waals surface area (Å²) in [7, 11) is 1.66. The van der Waals surface area contributed by atoms with Gasteiger partial charge in [-0.05, 0) is 60.0 Å². The van der Waals surface area contributed by atoms with Crippen molar-refractivity contribution in [2.75, 3.05) is 18.5 Å². The Morgan fingerprint density at radius 2 is 1.92 bits per heavy atom. The number of aliphatic hydroxyl groups is 1. The summed E-state index contributed by atoms with van der Waals surface area (Å²) < 4.78 is 14.8. The van der Waals surface area contributed by atoms with Crippen molar-refractivity contribution in [1.29, 1.82) is 0 Å². The van der Waals surface area contributed by atoms with Gasteiger partial charge in [0, 0.05) is 44.1 Å². The van der Waals surface area contributed by atoms with Crippen LogP contribution in [0.15, 0.2) is 71.9 Å². The van der Waals surface area contributed by atoms with Crippen molar-refractivity contribution in [3.05, 3.63) is 105 Å². The number of benzene rings is 2. The second-order valence-electron chi connectivity index (χ2n) is 9.54. The minimum atomic E-state index is -0.657. The number of anilines is 1. The number of aromatic nitrogens is 2. The molecular weight excluding hydrogens is 501 g/mol. The van der Waals surface area contributed by atoms with Gasteiger partial charge in [0.05, 0.1) is 17.3 Å². The second-order valence-corrected chi connectivity index (χ2v) is 9.54. The fraction of sp³-hybridized carbons (Fsp3) is 0.241. The van der Waals surface area contributed by atoms with E-state index in [-0.39, 0.29) is 30.4 Å². The van der Waals surface area contributed by atoms with Gasteiger partial charge in [-0.2, -0.15) is 0 Å². The van der Waals surface area contributed by atoms with Crippen LogP contribution in [0, 0.1) is 5.82 Å². The van der Waals surface area contributed by atoms with Gasteiger partial charge in [-0.3, -0.25) is 19.4 Å². The van der Waals surface area contributed by atoms with Crippen LogP contribution in [0.3, 0.4) is 0 Å². The van der Waals surface area contributed by atoms with Gasteiger partial charge in [0.1, 0.15) is 17.9 Å². The molecule has 10 heteroatoms. The number of carbonyl (C=O) groups excluding carboxylic acids is 2. The average molecular weight is 530 g/mol. The number of amides is 2. The molecule has 1 atom stereocenters. The van der Waals surface area contributed by atoms with Gasteiger partial charge in [0.2, 0.25) is 11.3 Å². The zero-order valence-corrected chi connectivity index (χ0v) is 21.4. The summed E-state index contributed by atoms with van der Waals surface area (Å²) in [6.07, 6.45) is 4.52. The quantitative estimate of drug-likeness (QED) is 0.287. The molecule has 1 aliphatic heterocycles. The Morgan fingerprint density at radius 1 is 1.13 bits per heavy atom. The first-order valence-electron chi connectivity index (χ1n) is 12.6. The number of nitrogens with one attached hydrogen (secondary N) is 2. The molecule has 3 N–H and O–H groups in total. The Labute approximate surface area is 223 Å². The number of aliphatic hydroxyl groups excluding tert-OH is 1. The molecule has 0 unspecified atom stereocenters. The van der Waals surface area contributed by atoms with E-state index in [4.69, 9.17) is 0 Å². The molecule has 0 aliphatic carbocycles. The van der Waals surface area contributed by atoms with Crippen molar-refractivity contribution < 1.29 is 19.1 Å². The number of hydrogen-bond donors (Lipinski definition) is 3. The molecule has 0 bridgehead atoms. The minimum Gasteiger partial charge on any atom is -0.388 e. The molecule has 0 saturated carbocycles. The lowest BCUT2D eigenvalue weighted by Crippen LogP contribution is -2.37. The van der Waals surface area contributed by atoms with E-state index < -0.39 is 17.4 Å². The third-order valence-electron chi connectivity index (χ3n) is 6.86. The number of halogens is 1. The number of hydrogen-bond acceptors (Lipinski definition) is 6. The molecule has 0 radical (unpaired) electrons. The van der Waals surface area contributed by atoms with E-state index in [0.717, 1.165) is 11.1 Å². The monoisotopic (exact) mass is 529 g/mol. The molecule has 2 amide bonds. The fourth-order valence-electron chi connectivity index (χ4n) is 4.70. The highest BCUT2D eigenvalue weighted by Gasteiger charge is 2.26. The molecule has 39 heavy (non-hydrogen) atoms. The van der Waals surface area contributed by atoms with Crippen LogP contribution in [0.25, 0.3) is 10.9 Å². The van der Waals surface area contributed by atoms with Gasteiger partial charge in [-0.1, -0.05) is 18.2 Å². The highest BCUT2D eigenvalue weighted by molar-refractivity contribution is 6.07. The Hall–Kier alpha value is -4.41. The lowest BCUT2D eigenvalue weighted by molar-refractivity contribution is -0.119. The SMILES string of the molecule is CN1C(=O)Cn2cc(C(=O)NCc3ccc(F)cc3)c(=O)c3cc(CNCC[C@H](O)c4cccnc4)cc1c32. The van der Waals surface area contributed by atoms with Gasteiger partial charge in [-0.15, -0.1) is 0 Å².